The first-order valence-corrected chi connectivity index (χ1v) is 17.1. The quantitative estimate of drug-likeness (QED) is 0.118. The Labute approximate surface area is 275 Å². The van der Waals surface area contributed by atoms with Crippen LogP contribution in [0, 0.1) is 11.8 Å². The summed E-state index contributed by atoms with van der Waals surface area (Å²) in [4.78, 5) is 73.3. The molecule has 16 heteroatoms. The standard InChI is InChI=1S/C31H49N4O11P/c1-7-10-11-22(9-3)18-33-27(38)17-26(31(41)42)34-30(40)28(19(4)8-2)35-29(39)25(32)16-23-12-14-24(15-13-23)46-47(43,44-20(5)36)45-21(6)37/h12-15,19,22,25-26,28H,7-11,16-18,32H2,1-6H3,(H,33,38)(H,34,40)(H,35,39)(H,41,42)/t19-,22?,25-,26-,28-/m0/s1. The molecule has 6 N–H and O–H groups in total. The van der Waals surface area contributed by atoms with E-state index in [2.05, 4.69) is 31.9 Å². The van der Waals surface area contributed by atoms with Crippen LogP contribution in [0.5, 0.6) is 5.75 Å². The van der Waals surface area contributed by atoms with Crippen molar-refractivity contribution >= 4 is 43.5 Å². The highest BCUT2D eigenvalue weighted by Crippen LogP contribution is 2.49. The van der Waals surface area contributed by atoms with Gasteiger partial charge in [0.1, 0.15) is 17.8 Å². The predicted octanol–water partition coefficient (Wildman–Crippen LogP) is 2.99. The molecule has 1 unspecified atom stereocenters. The molecule has 0 saturated heterocycles. The molecule has 0 aromatic heterocycles. The molecule has 0 radical (unpaired) electrons. The van der Waals surface area contributed by atoms with Gasteiger partial charge >= 0.3 is 25.7 Å². The first kappa shape index (κ1) is 41.1. The molecular formula is C31H49N4O11P. The lowest BCUT2D eigenvalue weighted by molar-refractivity contribution is -0.144. The summed E-state index contributed by atoms with van der Waals surface area (Å²) >= 11 is 0. The van der Waals surface area contributed by atoms with Crippen molar-refractivity contribution in [2.75, 3.05) is 6.54 Å². The van der Waals surface area contributed by atoms with Gasteiger partial charge in [-0.3, -0.25) is 24.0 Å². The van der Waals surface area contributed by atoms with Crippen LogP contribution in [0.3, 0.4) is 0 Å². The molecule has 0 heterocycles. The fourth-order valence-electron chi connectivity index (χ4n) is 4.42. The summed E-state index contributed by atoms with van der Waals surface area (Å²) in [5.74, 6) is -5.50. The van der Waals surface area contributed by atoms with E-state index >= 15 is 0 Å². The fourth-order valence-corrected chi connectivity index (χ4v) is 5.54. The van der Waals surface area contributed by atoms with Gasteiger partial charge in [-0.25, -0.2) is 4.79 Å². The van der Waals surface area contributed by atoms with Gasteiger partial charge < -0.3 is 40.4 Å². The topological polar surface area (TPSA) is 230 Å². The van der Waals surface area contributed by atoms with Gasteiger partial charge in [-0.15, -0.1) is 0 Å². The van der Waals surface area contributed by atoms with Gasteiger partial charge in [0.2, 0.25) is 17.7 Å². The highest BCUT2D eigenvalue weighted by molar-refractivity contribution is 7.50. The number of carbonyl (C=O) groups is 6. The number of unbranched alkanes of at least 4 members (excludes halogenated alkanes) is 1. The lowest BCUT2D eigenvalue weighted by Gasteiger charge is -2.26. The van der Waals surface area contributed by atoms with E-state index in [9.17, 15) is 38.4 Å². The number of rotatable bonds is 21. The number of nitrogens with two attached hydrogens (primary N) is 1. The van der Waals surface area contributed by atoms with E-state index < -0.39 is 73.9 Å². The number of amides is 3. The number of aliphatic carboxylic acids is 1. The number of phosphoric ester groups is 1. The predicted molar refractivity (Wildman–Crippen MR) is 172 cm³/mol. The normalized spacial score (nSPS) is 14.4. The fraction of sp³-hybridized carbons (Fsp3) is 0.613. The first-order valence-electron chi connectivity index (χ1n) is 15.7. The van der Waals surface area contributed by atoms with E-state index in [1.807, 2.05) is 6.92 Å². The maximum Gasteiger partial charge on any atom is 0.651 e. The summed E-state index contributed by atoms with van der Waals surface area (Å²) in [6.07, 6.45) is 3.87. The van der Waals surface area contributed by atoms with Crippen LogP contribution in [0.25, 0.3) is 0 Å². The van der Waals surface area contributed by atoms with Crippen molar-refractivity contribution in [2.24, 2.45) is 17.6 Å². The van der Waals surface area contributed by atoms with E-state index in [4.69, 9.17) is 10.3 Å². The molecule has 0 fully saturated rings. The summed E-state index contributed by atoms with van der Waals surface area (Å²) in [5, 5.41) is 17.5. The second kappa shape index (κ2) is 20.3. The molecule has 3 amide bonds. The third-order valence-corrected chi connectivity index (χ3v) is 8.74. The number of carboxylic acids is 1. The second-order valence-electron chi connectivity index (χ2n) is 11.4. The van der Waals surface area contributed by atoms with Crippen LogP contribution >= 0.6 is 7.82 Å². The molecule has 5 atom stereocenters. The Balaban J connectivity index is 2.89. The molecule has 1 aromatic carbocycles. The van der Waals surface area contributed by atoms with E-state index in [1.54, 1.807) is 13.8 Å². The van der Waals surface area contributed by atoms with Gasteiger partial charge in [0.15, 0.2) is 0 Å². The molecule has 1 aromatic rings. The minimum atomic E-state index is -4.57. The van der Waals surface area contributed by atoms with Gasteiger partial charge in [0.05, 0.1) is 12.5 Å². The molecule has 1 rings (SSSR count). The third kappa shape index (κ3) is 15.4. The van der Waals surface area contributed by atoms with Gasteiger partial charge in [0, 0.05) is 20.4 Å². The van der Waals surface area contributed by atoms with Crippen molar-refractivity contribution < 1.29 is 52.0 Å². The highest BCUT2D eigenvalue weighted by atomic mass is 31.2. The van der Waals surface area contributed by atoms with Crippen LogP contribution in [-0.4, -0.2) is 65.4 Å². The van der Waals surface area contributed by atoms with Crippen molar-refractivity contribution in [3.8, 4) is 5.75 Å². The smallest absolute Gasteiger partial charge is 0.480 e. The molecule has 0 aliphatic heterocycles. The van der Waals surface area contributed by atoms with Crippen LogP contribution < -0.4 is 26.2 Å². The summed E-state index contributed by atoms with van der Waals surface area (Å²) < 4.78 is 26.8. The Morgan fingerprint density at radius 3 is 2.00 bits per heavy atom. The van der Waals surface area contributed by atoms with Crippen molar-refractivity contribution in [3.63, 3.8) is 0 Å². The summed E-state index contributed by atoms with van der Waals surface area (Å²) in [5.41, 5.74) is 6.66. The van der Waals surface area contributed by atoms with E-state index in [1.165, 1.54) is 24.3 Å². The number of carbonyl (C=O) groups excluding carboxylic acids is 5. The number of phosphoric acid groups is 1. The molecule has 0 bridgehead atoms. The lowest BCUT2D eigenvalue weighted by Crippen LogP contribution is -2.57. The average molecular weight is 685 g/mol. The first-order chi connectivity index (χ1) is 22.0. The van der Waals surface area contributed by atoms with Crippen LogP contribution in [0.4, 0.5) is 0 Å². The average Bonchev–Trinajstić information content (AvgIpc) is 2.98. The molecule has 0 aliphatic rings. The maximum absolute atomic E-state index is 13.2. The molecule has 0 spiro atoms. The Hall–Kier alpha value is -3.97. The second-order valence-corrected chi connectivity index (χ2v) is 12.8. The zero-order valence-electron chi connectivity index (χ0n) is 27.9. The minimum absolute atomic E-state index is 0.00143. The summed E-state index contributed by atoms with van der Waals surface area (Å²) in [7, 11) is -4.57. The van der Waals surface area contributed by atoms with E-state index in [0.717, 1.165) is 39.5 Å². The van der Waals surface area contributed by atoms with Gasteiger partial charge in [-0.2, -0.15) is 4.57 Å². The van der Waals surface area contributed by atoms with Crippen LogP contribution in [-0.2, 0) is 48.8 Å². The largest absolute Gasteiger partial charge is 0.651 e. The van der Waals surface area contributed by atoms with Crippen LogP contribution in [0.2, 0.25) is 0 Å². The van der Waals surface area contributed by atoms with Crippen molar-refractivity contribution in [3.05, 3.63) is 29.8 Å². The number of nitrogens with one attached hydrogen (secondary N) is 3. The molecule has 0 saturated carbocycles. The number of carboxylic acid groups (broad SMARTS) is 1. The SMILES string of the molecule is CCCCC(CC)CNC(=O)C[C@H](NC(=O)[C@@H](NC(=O)[C@@H](N)Cc1ccc(OP(=O)(OC(C)=O)OC(C)=O)cc1)[C@@H](C)CC)C(=O)O. The number of hydrogen-bond donors (Lipinski definition) is 5. The van der Waals surface area contributed by atoms with Crippen LogP contribution in [0.1, 0.15) is 85.6 Å². The van der Waals surface area contributed by atoms with Crippen molar-refractivity contribution in [2.45, 2.75) is 105 Å². The highest BCUT2D eigenvalue weighted by Gasteiger charge is 2.36. The minimum Gasteiger partial charge on any atom is -0.480 e. The van der Waals surface area contributed by atoms with E-state index in [0.29, 0.717) is 18.5 Å². The van der Waals surface area contributed by atoms with Crippen molar-refractivity contribution in [1.29, 1.82) is 0 Å². The van der Waals surface area contributed by atoms with Gasteiger partial charge in [-0.05, 0) is 42.4 Å². The summed E-state index contributed by atoms with van der Waals surface area (Å²) in [6, 6.07) is 1.89. The molecule has 264 valence electrons. The zero-order valence-corrected chi connectivity index (χ0v) is 28.8. The Bertz CT molecular complexity index is 1250. The van der Waals surface area contributed by atoms with Gasteiger partial charge in [-0.1, -0.05) is 65.5 Å². The van der Waals surface area contributed by atoms with Gasteiger partial charge in [0.25, 0.3) is 0 Å². The number of benzene rings is 1. The molecule has 47 heavy (non-hydrogen) atoms. The molecular weight excluding hydrogens is 635 g/mol. The summed E-state index contributed by atoms with van der Waals surface area (Å²) in [6.45, 7) is 9.96. The zero-order chi connectivity index (χ0) is 35.7. The lowest BCUT2D eigenvalue weighted by atomic mass is 9.96. The monoisotopic (exact) mass is 684 g/mol. The molecule has 0 aliphatic carbocycles. The Morgan fingerprint density at radius 2 is 1.51 bits per heavy atom. The Morgan fingerprint density at radius 1 is 0.915 bits per heavy atom. The van der Waals surface area contributed by atoms with E-state index in [-0.39, 0.29) is 18.1 Å². The maximum atomic E-state index is 13.2. The van der Waals surface area contributed by atoms with Crippen molar-refractivity contribution in [1.82, 2.24) is 16.0 Å². The van der Waals surface area contributed by atoms with Crippen LogP contribution in [0.15, 0.2) is 24.3 Å². The number of hydrogen-bond acceptors (Lipinski definition) is 11. The third-order valence-electron chi connectivity index (χ3n) is 7.34. The molecule has 15 nitrogen and oxygen atoms in total. The Kier molecular flexibility index (Phi) is 17.7.